The molecule has 1 atom stereocenters. The Morgan fingerprint density at radius 1 is 1.35 bits per heavy atom. The lowest BCUT2D eigenvalue weighted by molar-refractivity contribution is -0.141. The van der Waals surface area contributed by atoms with E-state index in [1.54, 1.807) is 13.8 Å². The van der Waals surface area contributed by atoms with Crippen LogP contribution in [0.5, 0.6) is 0 Å². The van der Waals surface area contributed by atoms with Crippen molar-refractivity contribution in [2.75, 3.05) is 0 Å². The summed E-state index contributed by atoms with van der Waals surface area (Å²) in [4.78, 5) is 14.2. The maximum atomic E-state index is 12.3. The van der Waals surface area contributed by atoms with Crippen LogP contribution in [0.4, 0.5) is 13.2 Å². The summed E-state index contributed by atoms with van der Waals surface area (Å²) in [6.07, 6.45) is -3.53. The van der Waals surface area contributed by atoms with E-state index in [0.717, 1.165) is 18.3 Å². The summed E-state index contributed by atoms with van der Waals surface area (Å²) in [5, 5.41) is 8.98. The Labute approximate surface area is 96.3 Å². The van der Waals surface area contributed by atoms with E-state index in [2.05, 4.69) is 4.98 Å². The minimum absolute atomic E-state index is 0.217. The van der Waals surface area contributed by atoms with Gasteiger partial charge in [-0.15, -0.1) is 0 Å². The maximum absolute atomic E-state index is 12.3. The SMILES string of the molecule is CC(C)C(C(=O)O)c1ccc(C(F)(F)F)nc1. The van der Waals surface area contributed by atoms with Gasteiger partial charge in [0, 0.05) is 6.20 Å². The van der Waals surface area contributed by atoms with E-state index in [1.807, 2.05) is 0 Å². The van der Waals surface area contributed by atoms with Crippen molar-refractivity contribution in [1.29, 1.82) is 0 Å². The molecule has 17 heavy (non-hydrogen) atoms. The van der Waals surface area contributed by atoms with Crippen LogP contribution in [-0.4, -0.2) is 16.1 Å². The van der Waals surface area contributed by atoms with Crippen LogP contribution in [0.3, 0.4) is 0 Å². The van der Waals surface area contributed by atoms with Crippen molar-refractivity contribution < 1.29 is 23.1 Å². The van der Waals surface area contributed by atoms with Gasteiger partial charge in [-0.25, -0.2) is 0 Å². The number of carboxylic acid groups (broad SMARTS) is 1. The fourth-order valence-corrected chi connectivity index (χ4v) is 1.57. The van der Waals surface area contributed by atoms with Gasteiger partial charge in [0.15, 0.2) is 0 Å². The second kappa shape index (κ2) is 4.73. The largest absolute Gasteiger partial charge is 0.481 e. The molecule has 0 aliphatic rings. The number of alkyl halides is 3. The van der Waals surface area contributed by atoms with Crippen molar-refractivity contribution in [3.63, 3.8) is 0 Å². The first-order valence-electron chi connectivity index (χ1n) is 4.99. The van der Waals surface area contributed by atoms with Gasteiger partial charge in [-0.05, 0) is 17.5 Å². The molecule has 0 aliphatic carbocycles. The fourth-order valence-electron chi connectivity index (χ4n) is 1.57. The predicted octanol–water partition coefficient (Wildman–Crippen LogP) is 2.92. The molecule has 1 aromatic heterocycles. The number of halogens is 3. The third kappa shape index (κ3) is 3.18. The van der Waals surface area contributed by atoms with Crippen LogP contribution in [0.25, 0.3) is 0 Å². The molecular formula is C11H12F3NO2. The van der Waals surface area contributed by atoms with Gasteiger partial charge in [0.1, 0.15) is 5.69 Å². The molecule has 0 saturated heterocycles. The van der Waals surface area contributed by atoms with Crippen molar-refractivity contribution in [2.45, 2.75) is 25.9 Å². The topological polar surface area (TPSA) is 50.2 Å². The first-order valence-corrected chi connectivity index (χ1v) is 4.99. The fraction of sp³-hybridized carbons (Fsp3) is 0.455. The van der Waals surface area contributed by atoms with E-state index in [0.29, 0.717) is 0 Å². The summed E-state index contributed by atoms with van der Waals surface area (Å²) in [6, 6.07) is 1.96. The molecule has 0 radical (unpaired) electrons. The number of pyridine rings is 1. The Balaban J connectivity index is 3.05. The van der Waals surface area contributed by atoms with Gasteiger partial charge in [-0.1, -0.05) is 19.9 Å². The van der Waals surface area contributed by atoms with Crippen LogP contribution in [0.15, 0.2) is 18.3 Å². The first-order chi connectivity index (χ1) is 7.73. The van der Waals surface area contributed by atoms with Crippen LogP contribution in [0, 0.1) is 5.92 Å². The van der Waals surface area contributed by atoms with Crippen LogP contribution in [-0.2, 0) is 11.0 Å². The number of rotatable bonds is 3. The van der Waals surface area contributed by atoms with Crippen molar-refractivity contribution >= 4 is 5.97 Å². The zero-order chi connectivity index (χ0) is 13.2. The number of hydrogen-bond donors (Lipinski definition) is 1. The first kappa shape index (κ1) is 13.5. The number of nitrogens with zero attached hydrogens (tertiary/aromatic N) is 1. The van der Waals surface area contributed by atoms with E-state index in [-0.39, 0.29) is 11.5 Å². The standard InChI is InChI=1S/C11H12F3NO2/c1-6(2)9(10(16)17)7-3-4-8(15-5-7)11(12,13)14/h3-6,9H,1-2H3,(H,16,17). The molecule has 0 aromatic carbocycles. The van der Waals surface area contributed by atoms with Gasteiger partial charge >= 0.3 is 12.1 Å². The van der Waals surface area contributed by atoms with E-state index >= 15 is 0 Å². The third-order valence-electron chi connectivity index (χ3n) is 2.37. The molecule has 0 spiro atoms. The summed E-state index contributed by atoms with van der Waals surface area (Å²) in [6.45, 7) is 3.38. The van der Waals surface area contributed by atoms with Crippen LogP contribution < -0.4 is 0 Å². The molecule has 0 saturated carbocycles. The Kier molecular flexibility index (Phi) is 3.75. The Bertz CT molecular complexity index is 398. The predicted molar refractivity (Wildman–Crippen MR) is 54.5 cm³/mol. The van der Waals surface area contributed by atoms with Gasteiger partial charge in [-0.3, -0.25) is 9.78 Å². The van der Waals surface area contributed by atoms with Gasteiger partial charge in [0.05, 0.1) is 5.92 Å². The number of aromatic nitrogens is 1. The molecule has 1 aromatic rings. The molecule has 0 fully saturated rings. The lowest BCUT2D eigenvalue weighted by atomic mass is 9.89. The molecule has 6 heteroatoms. The average Bonchev–Trinajstić information content (AvgIpc) is 2.15. The summed E-state index contributed by atoms with van der Waals surface area (Å²) < 4.78 is 36.8. The molecular weight excluding hydrogens is 235 g/mol. The normalized spacial score (nSPS) is 13.8. The van der Waals surface area contributed by atoms with E-state index in [1.165, 1.54) is 0 Å². The molecule has 94 valence electrons. The van der Waals surface area contributed by atoms with E-state index in [4.69, 9.17) is 5.11 Å². The van der Waals surface area contributed by atoms with Gasteiger partial charge in [0.2, 0.25) is 0 Å². The molecule has 1 N–H and O–H groups in total. The zero-order valence-electron chi connectivity index (χ0n) is 9.32. The van der Waals surface area contributed by atoms with Crippen LogP contribution in [0.2, 0.25) is 0 Å². The number of hydrogen-bond acceptors (Lipinski definition) is 2. The average molecular weight is 247 g/mol. The molecule has 1 rings (SSSR count). The summed E-state index contributed by atoms with van der Waals surface area (Å²) in [7, 11) is 0. The highest BCUT2D eigenvalue weighted by Crippen LogP contribution is 2.29. The third-order valence-corrected chi connectivity index (χ3v) is 2.37. The number of aliphatic carboxylic acids is 1. The van der Waals surface area contributed by atoms with Gasteiger partial charge in [-0.2, -0.15) is 13.2 Å². The molecule has 0 amide bonds. The van der Waals surface area contributed by atoms with Gasteiger partial charge < -0.3 is 5.11 Å². The second-order valence-electron chi connectivity index (χ2n) is 4.03. The highest BCUT2D eigenvalue weighted by Gasteiger charge is 2.33. The molecule has 0 bridgehead atoms. The maximum Gasteiger partial charge on any atom is 0.433 e. The summed E-state index contributed by atoms with van der Waals surface area (Å²) in [5.74, 6) is -2.13. The Morgan fingerprint density at radius 2 is 1.94 bits per heavy atom. The van der Waals surface area contributed by atoms with Gasteiger partial charge in [0.25, 0.3) is 0 Å². The highest BCUT2D eigenvalue weighted by atomic mass is 19.4. The van der Waals surface area contributed by atoms with Crippen molar-refractivity contribution in [1.82, 2.24) is 4.98 Å². The number of carbonyl (C=O) groups is 1. The monoisotopic (exact) mass is 247 g/mol. The minimum Gasteiger partial charge on any atom is -0.481 e. The number of carboxylic acids is 1. The lowest BCUT2D eigenvalue weighted by Gasteiger charge is -2.16. The minimum atomic E-state index is -4.50. The van der Waals surface area contributed by atoms with Crippen molar-refractivity contribution in [3.8, 4) is 0 Å². The summed E-state index contributed by atoms with van der Waals surface area (Å²) >= 11 is 0. The zero-order valence-corrected chi connectivity index (χ0v) is 9.32. The Hall–Kier alpha value is -1.59. The smallest absolute Gasteiger partial charge is 0.433 e. The molecule has 1 unspecified atom stereocenters. The summed E-state index contributed by atoms with van der Waals surface area (Å²) in [5.41, 5.74) is -0.741. The van der Waals surface area contributed by atoms with Crippen LogP contribution in [0.1, 0.15) is 31.0 Å². The highest BCUT2D eigenvalue weighted by molar-refractivity contribution is 5.76. The van der Waals surface area contributed by atoms with E-state index in [9.17, 15) is 18.0 Å². The molecule has 3 nitrogen and oxygen atoms in total. The van der Waals surface area contributed by atoms with Crippen LogP contribution >= 0.6 is 0 Å². The van der Waals surface area contributed by atoms with Crippen molar-refractivity contribution in [3.05, 3.63) is 29.6 Å². The molecule has 0 aliphatic heterocycles. The quantitative estimate of drug-likeness (QED) is 0.893. The Morgan fingerprint density at radius 3 is 2.24 bits per heavy atom. The second-order valence-corrected chi connectivity index (χ2v) is 4.03. The lowest BCUT2D eigenvalue weighted by Crippen LogP contribution is -2.18. The van der Waals surface area contributed by atoms with Crippen molar-refractivity contribution in [2.24, 2.45) is 5.92 Å². The van der Waals surface area contributed by atoms with E-state index < -0.39 is 23.8 Å². The molecule has 1 heterocycles.